The van der Waals surface area contributed by atoms with Crippen LogP contribution >= 0.6 is 22.7 Å². The number of carbonyl (C=O) groups is 1. The van der Waals surface area contributed by atoms with E-state index in [4.69, 9.17) is 4.74 Å². The molecule has 0 saturated carbocycles. The highest BCUT2D eigenvalue weighted by atomic mass is 32.1. The van der Waals surface area contributed by atoms with E-state index in [0.717, 1.165) is 32.2 Å². The molecule has 0 saturated heterocycles. The van der Waals surface area contributed by atoms with Crippen molar-refractivity contribution in [1.82, 2.24) is 9.97 Å². The third-order valence-electron chi connectivity index (χ3n) is 3.86. The average molecular weight is 396 g/mol. The van der Waals surface area contributed by atoms with E-state index in [1.165, 1.54) is 11.3 Å². The fraction of sp³-hybridized carbons (Fsp3) is 0.150. The molecule has 0 radical (unpaired) electrons. The van der Waals surface area contributed by atoms with Gasteiger partial charge in [-0.25, -0.2) is 9.97 Å². The van der Waals surface area contributed by atoms with Crippen LogP contribution in [0.4, 0.5) is 5.13 Å². The predicted molar refractivity (Wildman–Crippen MR) is 111 cm³/mol. The summed E-state index contributed by atoms with van der Waals surface area (Å²) >= 11 is 3.00. The van der Waals surface area contributed by atoms with Gasteiger partial charge < -0.3 is 10.1 Å². The van der Waals surface area contributed by atoms with Crippen LogP contribution in [0.1, 0.15) is 12.5 Å². The minimum absolute atomic E-state index is 0.0932. The lowest BCUT2D eigenvalue weighted by Gasteiger charge is -2.05. The van der Waals surface area contributed by atoms with Crippen molar-refractivity contribution in [3.8, 4) is 16.5 Å². The van der Waals surface area contributed by atoms with Crippen molar-refractivity contribution >= 4 is 43.9 Å². The van der Waals surface area contributed by atoms with Gasteiger partial charge in [-0.2, -0.15) is 0 Å². The Bertz CT molecular complexity index is 1040. The second-order valence-corrected chi connectivity index (χ2v) is 7.72. The van der Waals surface area contributed by atoms with Gasteiger partial charge in [0.05, 0.1) is 23.2 Å². The largest absolute Gasteiger partial charge is 0.494 e. The smallest absolute Gasteiger partial charge is 0.230 e. The van der Waals surface area contributed by atoms with E-state index >= 15 is 0 Å². The highest BCUT2D eigenvalue weighted by Gasteiger charge is 2.12. The summed E-state index contributed by atoms with van der Waals surface area (Å²) in [5.41, 5.74) is 2.68. The van der Waals surface area contributed by atoms with Crippen LogP contribution in [-0.4, -0.2) is 22.5 Å². The molecule has 0 atom stereocenters. The fourth-order valence-electron chi connectivity index (χ4n) is 2.63. The summed E-state index contributed by atoms with van der Waals surface area (Å²) in [6.45, 7) is 2.57. The molecule has 1 amide bonds. The molecule has 4 rings (SSSR count). The van der Waals surface area contributed by atoms with Crippen molar-refractivity contribution < 1.29 is 9.53 Å². The molecule has 0 aliphatic heterocycles. The second-order valence-electron chi connectivity index (χ2n) is 5.83. The maximum Gasteiger partial charge on any atom is 0.230 e. The zero-order valence-corrected chi connectivity index (χ0v) is 16.3. The summed E-state index contributed by atoms with van der Waals surface area (Å²) in [6.07, 6.45) is 0.294. The topological polar surface area (TPSA) is 64.1 Å². The van der Waals surface area contributed by atoms with Gasteiger partial charge in [0.2, 0.25) is 5.91 Å². The van der Waals surface area contributed by atoms with Crippen LogP contribution in [0.15, 0.2) is 53.9 Å². The highest BCUT2D eigenvalue weighted by molar-refractivity contribution is 7.22. The number of nitrogens with one attached hydrogen (secondary N) is 1. The normalized spacial score (nSPS) is 10.9. The summed E-state index contributed by atoms with van der Waals surface area (Å²) in [7, 11) is 0. The van der Waals surface area contributed by atoms with E-state index in [1.54, 1.807) is 11.3 Å². The lowest BCUT2D eigenvalue weighted by Crippen LogP contribution is -2.14. The number of rotatable bonds is 6. The standard InChI is InChI=1S/C20H17N3O2S2/c1-2-25-14-9-7-13(8-10-14)11-18(24)23-20-22-16(12-26-20)19-21-15-5-3-4-6-17(15)27-19/h3-10,12H,2,11H2,1H3,(H,22,23,24). The molecule has 0 fully saturated rings. The number of para-hydroxylation sites is 1. The molecule has 5 nitrogen and oxygen atoms in total. The van der Waals surface area contributed by atoms with Crippen molar-refractivity contribution in [1.29, 1.82) is 0 Å². The lowest BCUT2D eigenvalue weighted by atomic mass is 10.1. The number of hydrogen-bond donors (Lipinski definition) is 1. The maximum absolute atomic E-state index is 12.3. The molecular weight excluding hydrogens is 378 g/mol. The van der Waals surface area contributed by atoms with E-state index in [9.17, 15) is 4.79 Å². The van der Waals surface area contributed by atoms with Gasteiger partial charge in [-0.1, -0.05) is 24.3 Å². The summed E-state index contributed by atoms with van der Waals surface area (Å²) in [4.78, 5) is 21.4. The Balaban J connectivity index is 1.41. The van der Waals surface area contributed by atoms with E-state index in [0.29, 0.717) is 18.2 Å². The van der Waals surface area contributed by atoms with Gasteiger partial charge in [-0.15, -0.1) is 22.7 Å². The first kappa shape index (κ1) is 17.6. The number of aromatic nitrogens is 2. The molecule has 0 unspecified atom stereocenters. The highest BCUT2D eigenvalue weighted by Crippen LogP contribution is 2.31. The van der Waals surface area contributed by atoms with Crippen LogP contribution in [-0.2, 0) is 11.2 Å². The minimum Gasteiger partial charge on any atom is -0.494 e. The van der Waals surface area contributed by atoms with Crippen LogP contribution in [0.5, 0.6) is 5.75 Å². The molecule has 0 aliphatic rings. The Hall–Kier alpha value is -2.77. The van der Waals surface area contributed by atoms with Gasteiger partial charge in [-0.3, -0.25) is 4.79 Å². The average Bonchev–Trinajstić information content (AvgIpc) is 3.30. The third kappa shape index (κ3) is 4.15. The van der Waals surface area contributed by atoms with Gasteiger partial charge in [0.15, 0.2) is 5.13 Å². The molecule has 27 heavy (non-hydrogen) atoms. The maximum atomic E-state index is 12.3. The molecule has 2 aromatic carbocycles. The molecular formula is C20H17N3O2S2. The Kier molecular flexibility index (Phi) is 5.13. The van der Waals surface area contributed by atoms with Crippen LogP contribution < -0.4 is 10.1 Å². The van der Waals surface area contributed by atoms with Gasteiger partial charge in [0.1, 0.15) is 16.5 Å². The summed E-state index contributed by atoms with van der Waals surface area (Å²) in [5.74, 6) is 0.714. The van der Waals surface area contributed by atoms with Crippen LogP contribution in [0.3, 0.4) is 0 Å². The SMILES string of the molecule is CCOc1ccc(CC(=O)Nc2nc(-c3nc4ccccc4s3)cs2)cc1. The molecule has 0 spiro atoms. The van der Waals surface area contributed by atoms with E-state index in [1.807, 2.05) is 60.8 Å². The summed E-state index contributed by atoms with van der Waals surface area (Å²) in [5, 5.41) is 6.23. The molecule has 136 valence electrons. The number of ether oxygens (including phenoxy) is 1. The first-order valence-electron chi connectivity index (χ1n) is 8.54. The van der Waals surface area contributed by atoms with Crippen LogP contribution in [0.2, 0.25) is 0 Å². The number of carbonyl (C=O) groups excluding carboxylic acids is 1. The summed E-state index contributed by atoms with van der Waals surface area (Å²) in [6, 6.07) is 15.6. The quantitative estimate of drug-likeness (QED) is 0.499. The van der Waals surface area contributed by atoms with E-state index in [-0.39, 0.29) is 5.91 Å². The molecule has 0 aliphatic carbocycles. The van der Waals surface area contributed by atoms with Gasteiger partial charge >= 0.3 is 0 Å². The molecule has 4 aromatic rings. The zero-order valence-electron chi connectivity index (χ0n) is 14.6. The van der Waals surface area contributed by atoms with Crippen LogP contribution in [0.25, 0.3) is 20.9 Å². The number of amides is 1. The van der Waals surface area contributed by atoms with Crippen LogP contribution in [0, 0.1) is 0 Å². The summed E-state index contributed by atoms with van der Waals surface area (Å²) < 4.78 is 6.54. The van der Waals surface area contributed by atoms with Crippen molar-refractivity contribution in [2.45, 2.75) is 13.3 Å². The first-order valence-corrected chi connectivity index (χ1v) is 10.2. The van der Waals surface area contributed by atoms with Crippen molar-refractivity contribution in [3.63, 3.8) is 0 Å². The fourth-order valence-corrected chi connectivity index (χ4v) is 4.34. The number of fused-ring (bicyclic) bond motifs is 1. The predicted octanol–water partition coefficient (Wildman–Crippen LogP) is 5.00. The Morgan fingerprint density at radius 1 is 1.11 bits per heavy atom. The van der Waals surface area contributed by atoms with Gasteiger partial charge in [0.25, 0.3) is 0 Å². The molecule has 2 heterocycles. The van der Waals surface area contributed by atoms with Crippen molar-refractivity contribution in [2.75, 3.05) is 11.9 Å². The number of benzene rings is 2. The first-order chi connectivity index (χ1) is 13.2. The molecule has 0 bridgehead atoms. The second kappa shape index (κ2) is 7.85. The Morgan fingerprint density at radius 2 is 1.93 bits per heavy atom. The Labute approximate surface area is 164 Å². The molecule has 7 heteroatoms. The minimum atomic E-state index is -0.0932. The number of hydrogen-bond acceptors (Lipinski definition) is 6. The van der Waals surface area contributed by atoms with Gasteiger partial charge in [-0.05, 0) is 36.8 Å². The molecule has 2 aromatic heterocycles. The zero-order chi connectivity index (χ0) is 18.6. The van der Waals surface area contributed by atoms with E-state index < -0.39 is 0 Å². The lowest BCUT2D eigenvalue weighted by molar-refractivity contribution is -0.115. The number of nitrogens with zero attached hydrogens (tertiary/aromatic N) is 2. The number of thiazole rings is 2. The Morgan fingerprint density at radius 3 is 2.70 bits per heavy atom. The number of anilines is 1. The monoisotopic (exact) mass is 395 g/mol. The molecule has 1 N–H and O–H groups in total. The van der Waals surface area contributed by atoms with Crippen molar-refractivity contribution in [2.24, 2.45) is 0 Å². The van der Waals surface area contributed by atoms with Crippen molar-refractivity contribution in [3.05, 3.63) is 59.5 Å². The third-order valence-corrected chi connectivity index (χ3v) is 5.68. The van der Waals surface area contributed by atoms with Gasteiger partial charge in [0, 0.05) is 5.38 Å². The van der Waals surface area contributed by atoms with E-state index in [2.05, 4.69) is 15.3 Å².